The molecule has 1 atom stereocenters. The van der Waals surface area contributed by atoms with E-state index in [-0.39, 0.29) is 11.9 Å². The first-order valence-electron chi connectivity index (χ1n) is 5.99. The summed E-state index contributed by atoms with van der Waals surface area (Å²) < 4.78 is 14.2. The van der Waals surface area contributed by atoms with Crippen LogP contribution >= 0.6 is 0 Å². The quantitative estimate of drug-likeness (QED) is 0.872. The highest BCUT2D eigenvalue weighted by Gasteiger charge is 2.21. The van der Waals surface area contributed by atoms with Gasteiger partial charge in [-0.25, -0.2) is 4.39 Å². The van der Waals surface area contributed by atoms with Gasteiger partial charge < -0.3 is 5.32 Å². The smallest absolute Gasteiger partial charge is 0.128 e. The summed E-state index contributed by atoms with van der Waals surface area (Å²) >= 11 is 0. The molecule has 0 radical (unpaired) electrons. The van der Waals surface area contributed by atoms with E-state index < -0.39 is 0 Å². The summed E-state index contributed by atoms with van der Waals surface area (Å²) in [5.41, 5.74) is 3.17. The van der Waals surface area contributed by atoms with Crippen molar-refractivity contribution in [3.63, 3.8) is 0 Å². The van der Waals surface area contributed by atoms with Gasteiger partial charge in [0.25, 0.3) is 0 Å². The van der Waals surface area contributed by atoms with E-state index >= 15 is 0 Å². The zero-order valence-corrected chi connectivity index (χ0v) is 10.8. The van der Waals surface area contributed by atoms with Gasteiger partial charge in [-0.3, -0.25) is 0 Å². The average molecular weight is 248 g/mol. The van der Waals surface area contributed by atoms with Gasteiger partial charge in [0.05, 0.1) is 12.2 Å². The Kier molecular flexibility index (Phi) is 3.72. The molecule has 96 valence electrons. The Bertz CT molecular complexity index is 499. The van der Waals surface area contributed by atoms with Crippen LogP contribution in [0.5, 0.6) is 0 Å². The standard InChI is InChI=1S/C13H17FN4/c1-4-15-13(11-7-16-18-17-11)12-9(3)5-8(2)6-10(12)14/h5-7,13,15H,4H2,1-3H3,(H,16,17,18). The molecule has 0 saturated carbocycles. The number of aryl methyl sites for hydroxylation is 2. The van der Waals surface area contributed by atoms with Crippen molar-refractivity contribution < 1.29 is 4.39 Å². The van der Waals surface area contributed by atoms with Gasteiger partial charge >= 0.3 is 0 Å². The van der Waals surface area contributed by atoms with E-state index in [1.54, 1.807) is 12.3 Å². The molecule has 4 nitrogen and oxygen atoms in total. The van der Waals surface area contributed by atoms with Crippen molar-refractivity contribution in [3.05, 3.63) is 46.5 Å². The number of halogens is 1. The number of benzene rings is 1. The van der Waals surface area contributed by atoms with E-state index in [1.165, 1.54) is 0 Å². The fourth-order valence-electron chi connectivity index (χ4n) is 2.20. The summed E-state index contributed by atoms with van der Waals surface area (Å²) in [4.78, 5) is 0. The lowest BCUT2D eigenvalue weighted by atomic mass is 9.96. The number of H-pyrrole nitrogens is 1. The van der Waals surface area contributed by atoms with E-state index in [0.717, 1.165) is 17.7 Å². The van der Waals surface area contributed by atoms with Gasteiger partial charge in [-0.2, -0.15) is 15.4 Å². The summed E-state index contributed by atoms with van der Waals surface area (Å²) in [7, 11) is 0. The molecule has 0 fully saturated rings. The maximum atomic E-state index is 14.2. The number of hydrogen-bond donors (Lipinski definition) is 2. The molecule has 0 amide bonds. The molecule has 2 aromatic rings. The van der Waals surface area contributed by atoms with Crippen molar-refractivity contribution in [1.29, 1.82) is 0 Å². The third kappa shape index (κ3) is 2.41. The highest BCUT2D eigenvalue weighted by Crippen LogP contribution is 2.26. The summed E-state index contributed by atoms with van der Waals surface area (Å²) in [5, 5.41) is 13.6. The topological polar surface area (TPSA) is 53.6 Å². The monoisotopic (exact) mass is 248 g/mol. The largest absolute Gasteiger partial charge is 0.305 e. The predicted octanol–water partition coefficient (Wildman–Crippen LogP) is 2.26. The highest BCUT2D eigenvalue weighted by atomic mass is 19.1. The first-order valence-corrected chi connectivity index (χ1v) is 5.99. The van der Waals surface area contributed by atoms with E-state index in [9.17, 15) is 4.39 Å². The molecule has 0 aliphatic rings. The third-order valence-corrected chi connectivity index (χ3v) is 2.91. The summed E-state index contributed by atoms with van der Waals surface area (Å²) in [6.07, 6.45) is 1.62. The molecule has 1 heterocycles. The zero-order chi connectivity index (χ0) is 13.1. The number of nitrogens with one attached hydrogen (secondary N) is 2. The molecule has 18 heavy (non-hydrogen) atoms. The van der Waals surface area contributed by atoms with Gasteiger partial charge in [0.2, 0.25) is 0 Å². The lowest BCUT2D eigenvalue weighted by Crippen LogP contribution is -2.24. The van der Waals surface area contributed by atoms with Gasteiger partial charge in [0, 0.05) is 5.56 Å². The number of aromatic amines is 1. The normalized spacial score (nSPS) is 12.7. The molecule has 1 aromatic carbocycles. The van der Waals surface area contributed by atoms with Crippen molar-refractivity contribution in [2.75, 3.05) is 6.54 Å². The first-order chi connectivity index (χ1) is 8.63. The molecule has 0 bridgehead atoms. The van der Waals surface area contributed by atoms with Crippen LogP contribution in [-0.2, 0) is 0 Å². The van der Waals surface area contributed by atoms with Crippen molar-refractivity contribution in [1.82, 2.24) is 20.7 Å². The van der Waals surface area contributed by atoms with Crippen molar-refractivity contribution in [2.45, 2.75) is 26.8 Å². The minimum absolute atomic E-state index is 0.207. The number of nitrogens with zero attached hydrogens (tertiary/aromatic N) is 2. The molecule has 0 spiro atoms. The van der Waals surface area contributed by atoms with Crippen LogP contribution in [0.15, 0.2) is 18.3 Å². The van der Waals surface area contributed by atoms with Gasteiger partial charge in [0.15, 0.2) is 0 Å². The summed E-state index contributed by atoms with van der Waals surface area (Å²) in [6.45, 7) is 6.51. The van der Waals surface area contributed by atoms with Crippen LogP contribution in [0, 0.1) is 19.7 Å². The minimum Gasteiger partial charge on any atom is -0.305 e. The Balaban J connectivity index is 2.49. The van der Waals surface area contributed by atoms with Crippen LogP contribution in [0.1, 0.15) is 35.3 Å². The first kappa shape index (κ1) is 12.7. The molecule has 1 unspecified atom stereocenters. The molecular formula is C13H17FN4. The van der Waals surface area contributed by atoms with Crippen molar-refractivity contribution in [2.24, 2.45) is 0 Å². The third-order valence-electron chi connectivity index (χ3n) is 2.91. The Morgan fingerprint density at radius 1 is 1.39 bits per heavy atom. The number of aromatic nitrogens is 3. The van der Waals surface area contributed by atoms with Gasteiger partial charge in [-0.05, 0) is 37.6 Å². The van der Waals surface area contributed by atoms with Crippen molar-refractivity contribution >= 4 is 0 Å². The second kappa shape index (κ2) is 5.27. The molecule has 0 saturated heterocycles. The Labute approximate surface area is 106 Å². The van der Waals surface area contributed by atoms with Gasteiger partial charge in [-0.15, -0.1) is 0 Å². The van der Waals surface area contributed by atoms with Crippen LogP contribution in [0.3, 0.4) is 0 Å². The van der Waals surface area contributed by atoms with Crippen LogP contribution in [-0.4, -0.2) is 22.0 Å². The lowest BCUT2D eigenvalue weighted by Gasteiger charge is -2.19. The van der Waals surface area contributed by atoms with E-state index in [4.69, 9.17) is 0 Å². The van der Waals surface area contributed by atoms with Crippen LogP contribution in [0.4, 0.5) is 4.39 Å². The Morgan fingerprint density at radius 3 is 2.72 bits per heavy atom. The van der Waals surface area contributed by atoms with Crippen LogP contribution < -0.4 is 5.32 Å². The number of hydrogen-bond acceptors (Lipinski definition) is 3. The minimum atomic E-state index is -0.269. The average Bonchev–Trinajstić information content (AvgIpc) is 2.79. The molecule has 5 heteroatoms. The summed E-state index contributed by atoms with van der Waals surface area (Å²) in [5.74, 6) is -0.207. The van der Waals surface area contributed by atoms with E-state index in [1.807, 2.05) is 26.8 Å². The fraction of sp³-hybridized carbons (Fsp3) is 0.385. The van der Waals surface area contributed by atoms with E-state index in [0.29, 0.717) is 11.3 Å². The molecule has 2 N–H and O–H groups in total. The van der Waals surface area contributed by atoms with Gasteiger partial charge in [0.1, 0.15) is 11.5 Å². The second-order valence-electron chi connectivity index (χ2n) is 4.36. The zero-order valence-electron chi connectivity index (χ0n) is 10.8. The molecular weight excluding hydrogens is 231 g/mol. The predicted molar refractivity (Wildman–Crippen MR) is 67.8 cm³/mol. The van der Waals surface area contributed by atoms with Crippen molar-refractivity contribution in [3.8, 4) is 0 Å². The molecule has 0 aliphatic heterocycles. The Hall–Kier alpha value is -1.75. The highest BCUT2D eigenvalue weighted by molar-refractivity contribution is 5.37. The maximum absolute atomic E-state index is 14.2. The second-order valence-corrected chi connectivity index (χ2v) is 4.36. The molecule has 2 rings (SSSR count). The van der Waals surface area contributed by atoms with E-state index in [2.05, 4.69) is 20.7 Å². The number of rotatable bonds is 4. The fourth-order valence-corrected chi connectivity index (χ4v) is 2.20. The molecule has 1 aromatic heterocycles. The Morgan fingerprint density at radius 2 is 2.17 bits per heavy atom. The summed E-state index contributed by atoms with van der Waals surface area (Å²) in [6, 6.07) is 3.25. The lowest BCUT2D eigenvalue weighted by molar-refractivity contribution is 0.547. The SMILES string of the molecule is CCNC(c1cn[nH]n1)c1c(C)cc(C)cc1F. The van der Waals surface area contributed by atoms with Crippen LogP contribution in [0.25, 0.3) is 0 Å². The molecule has 0 aliphatic carbocycles. The van der Waals surface area contributed by atoms with Crippen LogP contribution in [0.2, 0.25) is 0 Å². The van der Waals surface area contributed by atoms with Gasteiger partial charge in [-0.1, -0.05) is 13.0 Å². The maximum Gasteiger partial charge on any atom is 0.128 e.